The predicted octanol–water partition coefficient (Wildman–Crippen LogP) is 4.01. The van der Waals surface area contributed by atoms with Crippen LogP contribution < -0.4 is 10.1 Å². The van der Waals surface area contributed by atoms with Crippen LogP contribution in [0.2, 0.25) is 5.02 Å². The Balaban J connectivity index is 2.12. The molecule has 1 N–H and O–H groups in total. The number of aromatic nitrogens is 1. The molecule has 6 heteroatoms. The summed E-state index contributed by atoms with van der Waals surface area (Å²) < 4.78 is 5.68. The van der Waals surface area contributed by atoms with Crippen LogP contribution in [-0.2, 0) is 4.79 Å². The second-order valence-electron chi connectivity index (χ2n) is 4.56. The van der Waals surface area contributed by atoms with E-state index >= 15 is 0 Å². The van der Waals surface area contributed by atoms with Crippen LogP contribution in [0.15, 0.2) is 30.5 Å². The smallest absolute Gasteiger partial charge is 0.234 e. The summed E-state index contributed by atoms with van der Waals surface area (Å²) in [5.41, 5.74) is 2.50. The van der Waals surface area contributed by atoms with Crippen molar-refractivity contribution in [1.82, 2.24) is 4.98 Å². The van der Waals surface area contributed by atoms with Gasteiger partial charge in [-0.15, -0.1) is 0 Å². The van der Waals surface area contributed by atoms with Gasteiger partial charge in [-0.2, -0.15) is 12.6 Å². The van der Waals surface area contributed by atoms with Crippen molar-refractivity contribution in [2.24, 2.45) is 0 Å². The van der Waals surface area contributed by atoms with Crippen molar-refractivity contribution >= 4 is 35.8 Å². The molecule has 0 aliphatic rings. The van der Waals surface area contributed by atoms with E-state index in [1.165, 1.54) is 6.20 Å². The van der Waals surface area contributed by atoms with Crippen molar-refractivity contribution in [2.75, 3.05) is 11.1 Å². The quantitative estimate of drug-likeness (QED) is 0.836. The molecule has 1 aromatic carbocycles. The minimum atomic E-state index is -0.183. The third-order valence-electron chi connectivity index (χ3n) is 2.80. The van der Waals surface area contributed by atoms with Crippen molar-refractivity contribution in [3.8, 4) is 11.6 Å². The van der Waals surface area contributed by atoms with Crippen molar-refractivity contribution in [2.45, 2.75) is 13.8 Å². The van der Waals surface area contributed by atoms with Crippen molar-refractivity contribution in [1.29, 1.82) is 0 Å². The third kappa shape index (κ3) is 4.12. The van der Waals surface area contributed by atoms with Crippen LogP contribution in [0, 0.1) is 13.8 Å². The summed E-state index contributed by atoms with van der Waals surface area (Å²) in [5.74, 6) is 1.06. The lowest BCUT2D eigenvalue weighted by atomic mass is 10.1. The summed E-state index contributed by atoms with van der Waals surface area (Å²) in [4.78, 5) is 15.4. The molecule has 0 atom stereocenters. The van der Waals surface area contributed by atoms with E-state index in [0.717, 1.165) is 16.1 Å². The Morgan fingerprint density at radius 1 is 1.33 bits per heavy atom. The number of hydrogen-bond donors (Lipinski definition) is 2. The molecule has 110 valence electrons. The third-order valence-corrected chi connectivity index (χ3v) is 3.68. The number of ether oxygens (including phenoxy) is 1. The van der Waals surface area contributed by atoms with Crippen LogP contribution in [-0.4, -0.2) is 16.6 Å². The molecular weight excluding hydrogens is 308 g/mol. The summed E-state index contributed by atoms with van der Waals surface area (Å²) in [5, 5.41) is 3.39. The number of anilines is 1. The Labute approximate surface area is 133 Å². The molecular formula is C15H15ClN2O2S. The fraction of sp³-hybridized carbons (Fsp3) is 0.200. The van der Waals surface area contributed by atoms with E-state index in [9.17, 15) is 4.79 Å². The van der Waals surface area contributed by atoms with Gasteiger partial charge in [0.2, 0.25) is 11.8 Å². The fourth-order valence-corrected chi connectivity index (χ4v) is 1.99. The molecule has 1 aromatic heterocycles. The molecule has 0 bridgehead atoms. The lowest BCUT2D eigenvalue weighted by Crippen LogP contribution is -2.12. The van der Waals surface area contributed by atoms with Crippen LogP contribution in [0.25, 0.3) is 0 Å². The van der Waals surface area contributed by atoms with Crippen LogP contribution in [0.4, 0.5) is 5.69 Å². The van der Waals surface area contributed by atoms with E-state index in [4.69, 9.17) is 16.3 Å². The number of pyridine rings is 1. The summed E-state index contributed by atoms with van der Waals surface area (Å²) >= 11 is 10.0. The molecule has 21 heavy (non-hydrogen) atoms. The molecule has 1 heterocycles. The molecule has 0 spiro atoms. The monoisotopic (exact) mass is 322 g/mol. The van der Waals surface area contributed by atoms with Crippen LogP contribution in [0.5, 0.6) is 11.6 Å². The molecule has 0 saturated heterocycles. The maximum absolute atomic E-state index is 11.2. The van der Waals surface area contributed by atoms with E-state index in [1.807, 2.05) is 26.0 Å². The van der Waals surface area contributed by atoms with Crippen LogP contribution in [0.1, 0.15) is 11.1 Å². The number of aryl methyl sites for hydroxylation is 2. The number of halogens is 1. The second-order valence-corrected chi connectivity index (χ2v) is 5.26. The summed E-state index contributed by atoms with van der Waals surface area (Å²) in [6, 6.07) is 7.12. The van der Waals surface area contributed by atoms with E-state index < -0.39 is 0 Å². The number of nitrogens with one attached hydrogen (secondary N) is 1. The molecule has 0 saturated carbocycles. The molecule has 0 fully saturated rings. The number of benzene rings is 1. The number of nitrogens with zero attached hydrogens (tertiary/aromatic N) is 1. The van der Waals surface area contributed by atoms with Gasteiger partial charge in [0.05, 0.1) is 17.6 Å². The average Bonchev–Trinajstić information content (AvgIpc) is 2.46. The standard InChI is InChI=1S/C15H15ClN2O2S/c1-9-5-12(6-10(2)15(9)16)20-14-4-3-11(7-17-14)18-13(19)8-21/h3-7,21H,8H2,1-2H3,(H,18,19). The lowest BCUT2D eigenvalue weighted by Gasteiger charge is -2.09. The Bertz CT molecular complexity index is 636. The Hall–Kier alpha value is -1.72. The molecule has 0 unspecified atom stereocenters. The molecule has 2 aromatic rings. The highest BCUT2D eigenvalue weighted by molar-refractivity contribution is 7.81. The van der Waals surface area contributed by atoms with Gasteiger partial charge in [0.1, 0.15) is 5.75 Å². The summed E-state index contributed by atoms with van der Waals surface area (Å²) in [6.07, 6.45) is 1.53. The minimum Gasteiger partial charge on any atom is -0.439 e. The van der Waals surface area contributed by atoms with Gasteiger partial charge < -0.3 is 10.1 Å². The molecule has 0 aliphatic carbocycles. The van der Waals surface area contributed by atoms with E-state index in [2.05, 4.69) is 22.9 Å². The highest BCUT2D eigenvalue weighted by Gasteiger charge is 2.06. The van der Waals surface area contributed by atoms with Gasteiger partial charge in [-0.05, 0) is 43.2 Å². The van der Waals surface area contributed by atoms with Crippen LogP contribution in [0.3, 0.4) is 0 Å². The zero-order valence-electron chi connectivity index (χ0n) is 11.7. The lowest BCUT2D eigenvalue weighted by molar-refractivity contribution is -0.113. The summed E-state index contributed by atoms with van der Waals surface area (Å²) in [6.45, 7) is 3.84. The zero-order chi connectivity index (χ0) is 15.4. The molecule has 0 aliphatic heterocycles. The largest absolute Gasteiger partial charge is 0.439 e. The van der Waals surface area contributed by atoms with Gasteiger partial charge in [-0.1, -0.05) is 11.6 Å². The average molecular weight is 323 g/mol. The minimum absolute atomic E-state index is 0.127. The fourth-order valence-electron chi connectivity index (χ4n) is 1.80. The van der Waals surface area contributed by atoms with Gasteiger partial charge >= 0.3 is 0 Å². The maximum atomic E-state index is 11.2. The second kappa shape index (κ2) is 6.83. The Morgan fingerprint density at radius 2 is 2.00 bits per heavy atom. The molecule has 4 nitrogen and oxygen atoms in total. The highest BCUT2D eigenvalue weighted by atomic mass is 35.5. The van der Waals surface area contributed by atoms with Gasteiger partial charge in [-0.3, -0.25) is 4.79 Å². The number of rotatable bonds is 4. The van der Waals surface area contributed by atoms with Crippen molar-refractivity contribution in [3.63, 3.8) is 0 Å². The number of amides is 1. The SMILES string of the molecule is Cc1cc(Oc2ccc(NC(=O)CS)cn2)cc(C)c1Cl. The van der Waals surface area contributed by atoms with E-state index in [1.54, 1.807) is 12.1 Å². The van der Waals surface area contributed by atoms with Crippen molar-refractivity contribution in [3.05, 3.63) is 46.6 Å². The van der Waals surface area contributed by atoms with E-state index in [0.29, 0.717) is 17.3 Å². The van der Waals surface area contributed by atoms with Gasteiger partial charge in [0, 0.05) is 11.1 Å². The first-order chi connectivity index (χ1) is 9.99. The van der Waals surface area contributed by atoms with Gasteiger partial charge in [0.25, 0.3) is 0 Å². The Kier molecular flexibility index (Phi) is 5.09. The van der Waals surface area contributed by atoms with Gasteiger partial charge in [0.15, 0.2) is 0 Å². The zero-order valence-corrected chi connectivity index (χ0v) is 13.3. The Morgan fingerprint density at radius 3 is 2.52 bits per heavy atom. The topological polar surface area (TPSA) is 51.2 Å². The van der Waals surface area contributed by atoms with Gasteiger partial charge in [-0.25, -0.2) is 4.98 Å². The first-order valence-corrected chi connectivity index (χ1v) is 7.32. The number of carbonyl (C=O) groups is 1. The first kappa shape index (κ1) is 15.7. The number of thiol groups is 1. The summed E-state index contributed by atoms with van der Waals surface area (Å²) in [7, 11) is 0. The maximum Gasteiger partial charge on any atom is 0.234 e. The first-order valence-electron chi connectivity index (χ1n) is 6.31. The molecule has 2 rings (SSSR count). The van der Waals surface area contributed by atoms with E-state index in [-0.39, 0.29) is 11.7 Å². The molecule has 1 amide bonds. The van der Waals surface area contributed by atoms with Crippen molar-refractivity contribution < 1.29 is 9.53 Å². The van der Waals surface area contributed by atoms with Crippen LogP contribution >= 0.6 is 24.2 Å². The normalized spacial score (nSPS) is 10.3. The number of hydrogen-bond acceptors (Lipinski definition) is 4. The predicted molar refractivity (Wildman–Crippen MR) is 87.7 cm³/mol. The number of carbonyl (C=O) groups excluding carboxylic acids is 1. The highest BCUT2D eigenvalue weighted by Crippen LogP contribution is 2.28. The molecule has 0 radical (unpaired) electrons.